The Balaban J connectivity index is 1.45. The van der Waals surface area contributed by atoms with Crippen LogP contribution < -0.4 is 5.32 Å². The number of carbonyl (C=O) groups is 2. The lowest BCUT2D eigenvalue weighted by Gasteiger charge is -2.33. The second-order valence-corrected chi connectivity index (χ2v) is 7.22. The first kappa shape index (κ1) is 16.3. The van der Waals surface area contributed by atoms with Gasteiger partial charge in [0.15, 0.2) is 0 Å². The Morgan fingerprint density at radius 3 is 2.83 bits per heavy atom. The number of nitrogens with zero attached hydrogens (tertiary/aromatic N) is 2. The van der Waals surface area contributed by atoms with E-state index in [9.17, 15) is 9.59 Å². The standard InChI is InChI=1S/C17H23N3O2S/c1-13(10-18-16(21)12-20-8-9-23-17(20)22)19-7-6-14-4-2-3-5-15(14)11-19/h2-5,13H,6-12H2,1H3,(H,18,21)/t13-/m1/s1. The van der Waals surface area contributed by atoms with Crippen LogP contribution >= 0.6 is 11.8 Å². The highest BCUT2D eigenvalue weighted by Gasteiger charge is 2.24. The van der Waals surface area contributed by atoms with Gasteiger partial charge in [-0.05, 0) is 24.5 Å². The summed E-state index contributed by atoms with van der Waals surface area (Å²) in [5.41, 5.74) is 2.82. The van der Waals surface area contributed by atoms with Crippen molar-refractivity contribution in [2.75, 3.05) is 31.9 Å². The van der Waals surface area contributed by atoms with Gasteiger partial charge < -0.3 is 10.2 Å². The van der Waals surface area contributed by atoms with Crippen molar-refractivity contribution in [3.05, 3.63) is 35.4 Å². The highest BCUT2D eigenvalue weighted by Crippen LogP contribution is 2.20. The smallest absolute Gasteiger partial charge is 0.282 e. The Morgan fingerprint density at radius 2 is 2.09 bits per heavy atom. The maximum atomic E-state index is 12.0. The van der Waals surface area contributed by atoms with Gasteiger partial charge in [-0.25, -0.2) is 0 Å². The molecule has 1 fully saturated rings. The molecule has 23 heavy (non-hydrogen) atoms. The van der Waals surface area contributed by atoms with Crippen LogP contribution in [0.4, 0.5) is 4.79 Å². The molecule has 6 heteroatoms. The molecule has 0 spiro atoms. The number of nitrogens with one attached hydrogen (secondary N) is 1. The Kier molecular flexibility index (Phi) is 5.23. The van der Waals surface area contributed by atoms with Crippen LogP contribution in [-0.2, 0) is 17.8 Å². The molecule has 0 bridgehead atoms. The summed E-state index contributed by atoms with van der Waals surface area (Å²) in [7, 11) is 0. The van der Waals surface area contributed by atoms with Gasteiger partial charge in [-0.2, -0.15) is 0 Å². The highest BCUT2D eigenvalue weighted by atomic mass is 32.2. The summed E-state index contributed by atoms with van der Waals surface area (Å²) < 4.78 is 0. The van der Waals surface area contributed by atoms with E-state index in [0.29, 0.717) is 13.1 Å². The molecule has 1 aromatic rings. The van der Waals surface area contributed by atoms with Crippen LogP contribution in [-0.4, -0.2) is 58.9 Å². The van der Waals surface area contributed by atoms with Gasteiger partial charge in [0.25, 0.3) is 5.24 Å². The molecule has 1 saturated heterocycles. The van der Waals surface area contributed by atoms with Crippen LogP contribution in [0.15, 0.2) is 24.3 Å². The molecule has 1 N–H and O–H groups in total. The quantitative estimate of drug-likeness (QED) is 0.891. The fraction of sp³-hybridized carbons (Fsp3) is 0.529. The van der Waals surface area contributed by atoms with Crippen molar-refractivity contribution >= 4 is 22.9 Å². The molecule has 2 amide bonds. The first-order chi connectivity index (χ1) is 11.1. The summed E-state index contributed by atoms with van der Waals surface area (Å²) in [6.45, 7) is 5.59. The molecule has 2 aliphatic heterocycles. The molecule has 1 atom stereocenters. The number of thioether (sulfide) groups is 1. The molecule has 0 radical (unpaired) electrons. The number of hydrogen-bond acceptors (Lipinski definition) is 4. The number of hydrogen-bond donors (Lipinski definition) is 1. The molecule has 2 heterocycles. The second-order valence-electron chi connectivity index (χ2n) is 6.18. The average molecular weight is 333 g/mol. The van der Waals surface area contributed by atoms with E-state index in [4.69, 9.17) is 0 Å². The molecule has 5 nitrogen and oxygen atoms in total. The van der Waals surface area contributed by atoms with Crippen molar-refractivity contribution in [2.45, 2.75) is 25.9 Å². The number of rotatable bonds is 5. The maximum absolute atomic E-state index is 12.0. The molecule has 0 saturated carbocycles. The number of fused-ring (bicyclic) bond motifs is 1. The maximum Gasteiger partial charge on any atom is 0.282 e. The minimum absolute atomic E-state index is 0.0147. The summed E-state index contributed by atoms with van der Waals surface area (Å²) in [5.74, 6) is 0.723. The molecule has 124 valence electrons. The Morgan fingerprint density at radius 1 is 1.30 bits per heavy atom. The molecule has 1 aromatic carbocycles. The highest BCUT2D eigenvalue weighted by molar-refractivity contribution is 8.13. The largest absolute Gasteiger partial charge is 0.353 e. The monoisotopic (exact) mass is 333 g/mol. The van der Waals surface area contributed by atoms with Crippen molar-refractivity contribution in [1.29, 1.82) is 0 Å². The average Bonchev–Trinajstić information content (AvgIpc) is 2.97. The van der Waals surface area contributed by atoms with Crippen molar-refractivity contribution in [1.82, 2.24) is 15.1 Å². The fourth-order valence-corrected chi connectivity index (χ4v) is 3.91. The Hall–Kier alpha value is -1.53. The summed E-state index contributed by atoms with van der Waals surface area (Å²) in [6.07, 6.45) is 1.06. The molecule has 2 aliphatic rings. The van der Waals surface area contributed by atoms with Crippen LogP contribution in [0, 0.1) is 0 Å². The first-order valence-electron chi connectivity index (χ1n) is 8.12. The lowest BCUT2D eigenvalue weighted by atomic mass is 9.99. The van der Waals surface area contributed by atoms with Crippen LogP contribution in [0.3, 0.4) is 0 Å². The van der Waals surface area contributed by atoms with Crippen molar-refractivity contribution in [3.63, 3.8) is 0 Å². The van der Waals surface area contributed by atoms with E-state index in [-0.39, 0.29) is 23.7 Å². The lowest BCUT2D eigenvalue weighted by Crippen LogP contribution is -2.46. The topological polar surface area (TPSA) is 52.7 Å². The minimum Gasteiger partial charge on any atom is -0.353 e. The molecular weight excluding hydrogens is 310 g/mol. The normalized spacial score (nSPS) is 19.5. The van der Waals surface area contributed by atoms with E-state index < -0.39 is 0 Å². The van der Waals surface area contributed by atoms with Gasteiger partial charge in [0.05, 0.1) is 0 Å². The SMILES string of the molecule is C[C@H](CNC(=O)CN1CCSC1=O)N1CCc2ccccc2C1. The van der Waals surface area contributed by atoms with Gasteiger partial charge in [0.2, 0.25) is 5.91 Å². The van der Waals surface area contributed by atoms with Crippen LogP contribution in [0.2, 0.25) is 0 Å². The van der Waals surface area contributed by atoms with Gasteiger partial charge >= 0.3 is 0 Å². The van der Waals surface area contributed by atoms with E-state index in [1.54, 1.807) is 4.90 Å². The van der Waals surface area contributed by atoms with Crippen molar-refractivity contribution < 1.29 is 9.59 Å². The number of carbonyl (C=O) groups excluding carboxylic acids is 2. The van der Waals surface area contributed by atoms with Gasteiger partial charge in [-0.3, -0.25) is 14.5 Å². The van der Waals surface area contributed by atoms with Crippen molar-refractivity contribution in [3.8, 4) is 0 Å². The van der Waals surface area contributed by atoms with E-state index in [2.05, 4.69) is 41.4 Å². The second kappa shape index (κ2) is 7.36. The van der Waals surface area contributed by atoms with E-state index >= 15 is 0 Å². The Bertz CT molecular complexity index is 593. The van der Waals surface area contributed by atoms with Crippen LogP contribution in [0.5, 0.6) is 0 Å². The molecule has 0 unspecified atom stereocenters. The number of benzene rings is 1. The first-order valence-corrected chi connectivity index (χ1v) is 9.11. The summed E-state index contributed by atoms with van der Waals surface area (Å²) >= 11 is 1.29. The predicted molar refractivity (Wildman–Crippen MR) is 92.5 cm³/mol. The van der Waals surface area contributed by atoms with E-state index in [1.165, 1.54) is 22.9 Å². The van der Waals surface area contributed by atoms with Crippen molar-refractivity contribution in [2.24, 2.45) is 0 Å². The third kappa shape index (κ3) is 4.06. The van der Waals surface area contributed by atoms with Gasteiger partial charge in [0, 0.05) is 38.0 Å². The number of amides is 2. The van der Waals surface area contributed by atoms with E-state index in [0.717, 1.165) is 25.3 Å². The van der Waals surface area contributed by atoms with Gasteiger partial charge in [0.1, 0.15) is 6.54 Å². The Labute approximate surface area is 141 Å². The molecule has 3 rings (SSSR count). The van der Waals surface area contributed by atoms with Crippen LogP contribution in [0.1, 0.15) is 18.1 Å². The predicted octanol–water partition coefficient (Wildman–Crippen LogP) is 1.72. The third-order valence-corrected chi connectivity index (χ3v) is 5.45. The zero-order chi connectivity index (χ0) is 16.2. The fourth-order valence-electron chi connectivity index (χ4n) is 3.08. The zero-order valence-electron chi connectivity index (χ0n) is 13.5. The van der Waals surface area contributed by atoms with Gasteiger partial charge in [-0.1, -0.05) is 36.0 Å². The minimum atomic E-state index is -0.0647. The van der Waals surface area contributed by atoms with Gasteiger partial charge in [-0.15, -0.1) is 0 Å². The zero-order valence-corrected chi connectivity index (χ0v) is 14.3. The summed E-state index contributed by atoms with van der Waals surface area (Å²) in [6, 6.07) is 8.85. The van der Waals surface area contributed by atoms with Crippen LogP contribution in [0.25, 0.3) is 0 Å². The molecular formula is C17H23N3O2S. The lowest BCUT2D eigenvalue weighted by molar-refractivity contribution is -0.121. The summed E-state index contributed by atoms with van der Waals surface area (Å²) in [5, 5.41) is 2.98. The molecule has 0 aliphatic carbocycles. The third-order valence-electron chi connectivity index (χ3n) is 4.56. The molecule has 0 aromatic heterocycles. The van der Waals surface area contributed by atoms with E-state index in [1.807, 2.05) is 0 Å². The summed E-state index contributed by atoms with van der Waals surface area (Å²) in [4.78, 5) is 27.5.